The van der Waals surface area contributed by atoms with E-state index in [1.165, 1.54) is 11.2 Å². The first-order valence-electron chi connectivity index (χ1n) is 5.28. The minimum absolute atomic E-state index is 0.197. The Bertz CT molecular complexity index is 486. The lowest BCUT2D eigenvalue weighted by molar-refractivity contribution is 0.758. The third-order valence-corrected chi connectivity index (χ3v) is 3.73. The molecule has 2 aromatic heterocycles. The molecule has 17 heavy (non-hydrogen) atoms. The van der Waals surface area contributed by atoms with Crippen molar-refractivity contribution in [3.05, 3.63) is 33.9 Å². The summed E-state index contributed by atoms with van der Waals surface area (Å²) in [5.74, 6) is 0.588. The van der Waals surface area contributed by atoms with Gasteiger partial charge >= 0.3 is 0 Å². The van der Waals surface area contributed by atoms with Crippen molar-refractivity contribution in [3.8, 4) is 0 Å². The van der Waals surface area contributed by atoms with Crippen molar-refractivity contribution >= 4 is 34.4 Å². The van der Waals surface area contributed by atoms with E-state index >= 15 is 0 Å². The van der Waals surface area contributed by atoms with Gasteiger partial charge in [0.25, 0.3) is 0 Å². The minimum Gasteiger partial charge on any atom is -0.393 e. The molecule has 0 aliphatic carbocycles. The summed E-state index contributed by atoms with van der Waals surface area (Å²) in [6, 6.07) is 4.31. The van der Waals surface area contributed by atoms with E-state index < -0.39 is 0 Å². The first-order chi connectivity index (χ1) is 8.22. The summed E-state index contributed by atoms with van der Waals surface area (Å²) < 4.78 is 0. The molecule has 1 atom stereocenters. The number of nitrogens with two attached hydrogens (primary N) is 1. The first-order valence-corrected chi connectivity index (χ1v) is 6.54. The second-order valence-corrected chi connectivity index (χ2v) is 4.88. The van der Waals surface area contributed by atoms with Crippen LogP contribution in [-0.2, 0) is 0 Å². The number of hydrogen-bond donors (Lipinski definition) is 2. The van der Waals surface area contributed by atoms with Crippen LogP contribution < -0.4 is 11.1 Å². The summed E-state index contributed by atoms with van der Waals surface area (Å²) in [6.45, 7) is 2.11. The number of nitrogen functional groups attached to an aromatic ring is 1. The molecule has 0 amide bonds. The number of nitrogens with one attached hydrogen (secondary N) is 1. The molecular weight excluding hydrogens is 256 g/mol. The highest BCUT2D eigenvalue weighted by atomic mass is 35.5. The zero-order valence-corrected chi connectivity index (χ0v) is 10.9. The second-order valence-electron chi connectivity index (χ2n) is 3.55. The van der Waals surface area contributed by atoms with E-state index in [0.717, 1.165) is 6.42 Å². The highest BCUT2D eigenvalue weighted by Crippen LogP contribution is 2.29. The van der Waals surface area contributed by atoms with Crippen LogP contribution in [0.15, 0.2) is 23.8 Å². The molecule has 0 saturated heterocycles. The van der Waals surface area contributed by atoms with Crippen LogP contribution in [0.1, 0.15) is 24.3 Å². The number of halogens is 1. The summed E-state index contributed by atoms with van der Waals surface area (Å²) in [5.41, 5.74) is 6.22. The van der Waals surface area contributed by atoms with Crippen molar-refractivity contribution < 1.29 is 0 Å². The molecule has 0 spiro atoms. The Balaban J connectivity index is 2.22. The number of hydrogen-bond acceptors (Lipinski definition) is 5. The molecule has 2 heterocycles. The predicted molar refractivity (Wildman–Crippen MR) is 72.4 cm³/mol. The summed E-state index contributed by atoms with van der Waals surface area (Å²) >= 11 is 7.56. The minimum atomic E-state index is 0.197. The molecular formula is C11H13ClN4S. The summed E-state index contributed by atoms with van der Waals surface area (Å²) in [5, 5.41) is 5.62. The van der Waals surface area contributed by atoms with Crippen molar-refractivity contribution in [1.82, 2.24) is 9.97 Å². The molecule has 6 heteroatoms. The SMILES string of the molecule is CCC(Nc1ncnc(Cl)c1N)c1cccs1. The average molecular weight is 269 g/mol. The van der Waals surface area contributed by atoms with Crippen LogP contribution >= 0.6 is 22.9 Å². The topological polar surface area (TPSA) is 63.8 Å². The molecule has 0 bridgehead atoms. The van der Waals surface area contributed by atoms with Crippen molar-refractivity contribution in [2.45, 2.75) is 19.4 Å². The molecule has 2 aromatic rings. The van der Waals surface area contributed by atoms with Crippen molar-refractivity contribution in [3.63, 3.8) is 0 Å². The number of thiophene rings is 1. The van der Waals surface area contributed by atoms with Crippen LogP contribution in [0.5, 0.6) is 0 Å². The maximum absolute atomic E-state index is 5.85. The maximum Gasteiger partial charge on any atom is 0.157 e. The smallest absolute Gasteiger partial charge is 0.157 e. The third kappa shape index (κ3) is 2.68. The third-order valence-electron chi connectivity index (χ3n) is 2.44. The Morgan fingerprint density at radius 3 is 3.00 bits per heavy atom. The summed E-state index contributed by atoms with van der Waals surface area (Å²) in [7, 11) is 0. The molecule has 1 unspecified atom stereocenters. The molecule has 3 N–H and O–H groups in total. The number of nitrogens with zero attached hydrogens (tertiary/aromatic N) is 2. The van der Waals surface area contributed by atoms with Gasteiger partial charge in [0.05, 0.1) is 6.04 Å². The monoisotopic (exact) mass is 268 g/mol. The van der Waals surface area contributed by atoms with Crippen LogP contribution in [0, 0.1) is 0 Å². The lowest BCUT2D eigenvalue weighted by atomic mass is 10.2. The molecule has 0 radical (unpaired) electrons. The molecule has 0 aliphatic heterocycles. The van der Waals surface area contributed by atoms with Gasteiger partial charge in [-0.2, -0.15) is 0 Å². The fourth-order valence-electron chi connectivity index (χ4n) is 1.52. The van der Waals surface area contributed by atoms with Crippen molar-refractivity contribution in [2.75, 3.05) is 11.1 Å². The molecule has 2 rings (SSSR count). The van der Waals surface area contributed by atoms with Gasteiger partial charge in [0.1, 0.15) is 12.0 Å². The Morgan fingerprint density at radius 1 is 1.53 bits per heavy atom. The van der Waals surface area contributed by atoms with Gasteiger partial charge in [-0.25, -0.2) is 9.97 Å². The van der Waals surface area contributed by atoms with E-state index in [1.54, 1.807) is 11.3 Å². The molecule has 0 aromatic carbocycles. The fourth-order valence-corrected chi connectivity index (χ4v) is 2.51. The van der Waals surface area contributed by atoms with Crippen molar-refractivity contribution in [1.29, 1.82) is 0 Å². The first kappa shape index (κ1) is 12.1. The van der Waals surface area contributed by atoms with Crippen molar-refractivity contribution in [2.24, 2.45) is 0 Å². The molecule has 0 aliphatic rings. The van der Waals surface area contributed by atoms with Crippen LogP contribution in [0.4, 0.5) is 11.5 Å². The highest BCUT2D eigenvalue weighted by molar-refractivity contribution is 7.10. The van der Waals surface area contributed by atoms with E-state index in [0.29, 0.717) is 11.5 Å². The lowest BCUT2D eigenvalue weighted by Crippen LogP contribution is -2.11. The van der Waals surface area contributed by atoms with E-state index in [1.807, 2.05) is 6.07 Å². The Hall–Kier alpha value is -1.33. The Kier molecular flexibility index (Phi) is 3.81. The number of anilines is 2. The standard InChI is InChI=1S/C11H13ClN4S/c1-2-7(8-4-3-5-17-8)16-11-9(13)10(12)14-6-15-11/h3-7H,2,13H2,1H3,(H,14,15,16). The molecule has 0 saturated carbocycles. The second kappa shape index (κ2) is 5.33. The van der Waals surface area contributed by atoms with Gasteiger partial charge in [-0.15, -0.1) is 11.3 Å². The van der Waals surface area contributed by atoms with E-state index in [-0.39, 0.29) is 11.2 Å². The van der Waals surface area contributed by atoms with Gasteiger partial charge in [-0.1, -0.05) is 24.6 Å². The average Bonchev–Trinajstić information content (AvgIpc) is 2.85. The molecule has 0 fully saturated rings. The van der Waals surface area contributed by atoms with Gasteiger partial charge in [0, 0.05) is 4.88 Å². The number of aromatic nitrogens is 2. The predicted octanol–water partition coefficient (Wildman–Crippen LogP) is 3.34. The van der Waals surface area contributed by atoms with Gasteiger partial charge in [0.2, 0.25) is 0 Å². The normalized spacial score (nSPS) is 12.4. The van der Waals surface area contributed by atoms with Gasteiger partial charge in [0.15, 0.2) is 11.0 Å². The molecule has 4 nitrogen and oxygen atoms in total. The van der Waals surface area contributed by atoms with Crippen LogP contribution in [0.3, 0.4) is 0 Å². The van der Waals surface area contributed by atoms with Crippen LogP contribution in [0.2, 0.25) is 5.15 Å². The zero-order valence-electron chi connectivity index (χ0n) is 9.35. The van der Waals surface area contributed by atoms with E-state index in [2.05, 4.69) is 33.7 Å². The zero-order chi connectivity index (χ0) is 12.3. The highest BCUT2D eigenvalue weighted by Gasteiger charge is 2.13. The summed E-state index contributed by atoms with van der Waals surface area (Å²) in [4.78, 5) is 9.19. The lowest BCUT2D eigenvalue weighted by Gasteiger charge is -2.17. The largest absolute Gasteiger partial charge is 0.393 e. The van der Waals surface area contributed by atoms with Gasteiger partial charge in [-0.05, 0) is 17.9 Å². The Morgan fingerprint density at radius 2 is 2.35 bits per heavy atom. The van der Waals surface area contributed by atoms with Gasteiger partial charge < -0.3 is 11.1 Å². The quantitative estimate of drug-likeness (QED) is 0.835. The van der Waals surface area contributed by atoms with E-state index in [9.17, 15) is 0 Å². The fraction of sp³-hybridized carbons (Fsp3) is 0.273. The maximum atomic E-state index is 5.85. The van der Waals surface area contributed by atoms with Gasteiger partial charge in [-0.3, -0.25) is 0 Å². The van der Waals surface area contributed by atoms with Crippen LogP contribution in [0.25, 0.3) is 0 Å². The molecule has 90 valence electrons. The van der Waals surface area contributed by atoms with E-state index in [4.69, 9.17) is 17.3 Å². The van der Waals surface area contributed by atoms with Crippen LogP contribution in [-0.4, -0.2) is 9.97 Å². The Labute approximate surface area is 109 Å². The number of rotatable bonds is 4. The summed E-state index contributed by atoms with van der Waals surface area (Å²) in [6.07, 6.45) is 2.35.